The van der Waals surface area contributed by atoms with Gasteiger partial charge in [0, 0.05) is 124 Å². The number of nitrogen functional groups attached to an aromatic ring is 1. The van der Waals surface area contributed by atoms with Gasteiger partial charge in [0.15, 0.2) is 5.79 Å². The fourth-order valence-electron chi connectivity index (χ4n) is 14.3. The quantitative estimate of drug-likeness (QED) is 0.0720. The number of amides is 1. The number of aliphatic hydroxyl groups excluding tert-OH is 3. The Kier molecular flexibility index (Phi) is 18.7. The fourth-order valence-corrected chi connectivity index (χ4v) is 14.3. The number of hydrogen-bond donors (Lipinski definition) is 5. The maximum Gasteiger partial charge on any atom is 0.412 e. The van der Waals surface area contributed by atoms with E-state index in [1.807, 2.05) is 87.5 Å². The number of ether oxygens (including phenoxy) is 3. The van der Waals surface area contributed by atoms with Gasteiger partial charge in [-0.3, -0.25) is 10.1 Å². The van der Waals surface area contributed by atoms with E-state index in [9.17, 15) is 24.9 Å². The molecule has 75 heavy (non-hydrogen) atoms. The van der Waals surface area contributed by atoms with Crippen molar-refractivity contribution in [2.24, 2.45) is 39.4 Å². The molecule has 5 fully saturated rings. The number of likely N-dealkylation sites (tertiary alicyclic amines) is 2. The van der Waals surface area contributed by atoms with Gasteiger partial charge in [-0.25, -0.2) is 4.79 Å². The topological polar surface area (TPSA) is 167 Å². The van der Waals surface area contributed by atoms with E-state index in [-0.39, 0.29) is 42.1 Å². The SMILES string of the molecule is CC(C)CN1CC2(Cc3ccccc3)CC(=O)CC([C@@H](O)Cc3ccccc3N)(C1)C2O.CC(C)CN1CC2(Cc3ccccc3)CC3(CC(C(O)Cc4ccccc4NC(=O)OC(C)(C)C)(C1)C2C)OCCO3.[V]. The van der Waals surface area contributed by atoms with E-state index in [4.69, 9.17) is 19.9 Å². The van der Waals surface area contributed by atoms with Crippen LogP contribution in [0.1, 0.15) is 103 Å². The average molecular weight is 1070 g/mol. The van der Waals surface area contributed by atoms with Gasteiger partial charge in [-0.15, -0.1) is 0 Å². The van der Waals surface area contributed by atoms with Crippen LogP contribution in [-0.4, -0.2) is 119 Å². The summed E-state index contributed by atoms with van der Waals surface area (Å²) in [6.45, 7) is 22.7. The summed E-state index contributed by atoms with van der Waals surface area (Å²) in [6, 6.07) is 36.1. The molecule has 0 aromatic heterocycles. The molecular formula is C62H86N4O8V. The molecule has 2 saturated carbocycles. The minimum atomic E-state index is -0.903. The number of rotatable bonds is 15. The van der Waals surface area contributed by atoms with E-state index in [1.165, 1.54) is 5.56 Å². The number of carbonyl (C=O) groups is 2. The second-order valence-corrected chi connectivity index (χ2v) is 25.0. The zero-order chi connectivity index (χ0) is 53.1. The van der Waals surface area contributed by atoms with Crippen LogP contribution >= 0.6 is 0 Å². The van der Waals surface area contributed by atoms with Crippen LogP contribution < -0.4 is 11.1 Å². The van der Waals surface area contributed by atoms with Gasteiger partial charge in [0.05, 0.1) is 31.5 Å². The van der Waals surface area contributed by atoms with Gasteiger partial charge < -0.3 is 45.1 Å². The Morgan fingerprint density at radius 1 is 0.707 bits per heavy atom. The molecule has 2 aliphatic carbocycles. The third kappa shape index (κ3) is 13.3. The monoisotopic (exact) mass is 1070 g/mol. The summed E-state index contributed by atoms with van der Waals surface area (Å²) in [5.74, 6) is 0.618. The van der Waals surface area contributed by atoms with Gasteiger partial charge in [0.2, 0.25) is 0 Å². The molecule has 5 aliphatic rings. The first-order valence-electron chi connectivity index (χ1n) is 27.4. The number of benzene rings is 4. The van der Waals surface area contributed by atoms with Gasteiger partial charge in [0.1, 0.15) is 11.4 Å². The molecule has 9 rings (SSSR count). The number of hydrogen-bond acceptors (Lipinski definition) is 11. The Hall–Kier alpha value is -4.08. The third-order valence-corrected chi connectivity index (χ3v) is 17.0. The van der Waals surface area contributed by atoms with Crippen molar-refractivity contribution in [2.45, 2.75) is 136 Å². The van der Waals surface area contributed by atoms with E-state index in [0.29, 0.717) is 81.6 Å². The molecule has 6 N–H and O–H groups in total. The maximum absolute atomic E-state index is 13.1. The molecule has 3 aliphatic heterocycles. The van der Waals surface area contributed by atoms with Crippen LogP contribution in [0, 0.1) is 39.4 Å². The smallest absolute Gasteiger partial charge is 0.412 e. The fraction of sp³-hybridized carbons (Fsp3) is 0.581. The molecule has 1 amide bonds. The van der Waals surface area contributed by atoms with Gasteiger partial charge >= 0.3 is 6.09 Å². The number of nitrogens with zero attached hydrogens (tertiary/aromatic N) is 2. The Morgan fingerprint density at radius 3 is 1.77 bits per heavy atom. The second kappa shape index (κ2) is 23.9. The van der Waals surface area contributed by atoms with Crippen molar-refractivity contribution in [3.8, 4) is 0 Å². The molecule has 4 aromatic rings. The summed E-state index contributed by atoms with van der Waals surface area (Å²) in [7, 11) is 0. The van der Waals surface area contributed by atoms with E-state index in [2.05, 4.69) is 92.2 Å². The van der Waals surface area contributed by atoms with E-state index in [0.717, 1.165) is 55.7 Å². The van der Waals surface area contributed by atoms with Crippen molar-refractivity contribution < 1.29 is 57.7 Å². The molecule has 4 aromatic carbocycles. The van der Waals surface area contributed by atoms with Crippen LogP contribution in [0.25, 0.3) is 0 Å². The summed E-state index contributed by atoms with van der Waals surface area (Å²) in [4.78, 5) is 30.7. The molecule has 4 bridgehead atoms. The van der Waals surface area contributed by atoms with Crippen LogP contribution in [0.2, 0.25) is 0 Å². The Bertz CT molecular complexity index is 2520. The van der Waals surface area contributed by atoms with Crippen molar-refractivity contribution in [3.63, 3.8) is 0 Å². The first kappa shape index (κ1) is 58.6. The number of Topliss-reactive ketones (excluding diaryl/α,β-unsaturated/α-hetero) is 1. The molecule has 3 heterocycles. The molecule has 1 radical (unpaired) electrons. The predicted octanol–water partition coefficient (Wildman–Crippen LogP) is 9.38. The zero-order valence-electron chi connectivity index (χ0n) is 46.0. The molecule has 1 spiro atoms. The minimum Gasteiger partial charge on any atom is -0.444 e. The van der Waals surface area contributed by atoms with Crippen LogP contribution in [0.4, 0.5) is 16.2 Å². The number of nitrogens with one attached hydrogen (secondary N) is 1. The number of para-hydroxylation sites is 2. The van der Waals surface area contributed by atoms with Crippen molar-refractivity contribution in [2.75, 3.05) is 63.5 Å². The van der Waals surface area contributed by atoms with Gasteiger partial charge in [-0.05, 0) is 91.2 Å². The molecule has 12 nitrogen and oxygen atoms in total. The van der Waals surface area contributed by atoms with E-state index >= 15 is 0 Å². The zero-order valence-corrected chi connectivity index (χ0v) is 47.4. The third-order valence-electron chi connectivity index (χ3n) is 17.0. The standard InChI is InChI=1S/C35H50N2O5.C27H36N2O3.V/c1-25(2)20-37-23-33(19-27-12-8-7-9-13-27)21-35(40-16-17-41-35)22-34(24-37,26(33)3)30(38)18-28-14-10-11-15-29(28)36-31(39)42-32(4,5)6;1-19(2)16-29-17-26(13-20-8-4-3-5-9-20)14-22(30)15-27(18-29,25(26)32)24(31)12-21-10-6-7-11-23(21)28;/h7-15,25-26,30,38H,16-24H2,1-6H3,(H,36,39);3-11,19,24-25,31-32H,12-18,28H2,1-2H3;/t;24-,25?,26?,27?;/m.0./s1. The number of aliphatic hydroxyl groups is 3. The Balaban J connectivity index is 0.000000224. The number of ketones is 1. The second-order valence-electron chi connectivity index (χ2n) is 25.0. The first-order valence-corrected chi connectivity index (χ1v) is 27.4. The largest absolute Gasteiger partial charge is 0.444 e. The maximum atomic E-state index is 13.1. The van der Waals surface area contributed by atoms with E-state index in [1.54, 1.807) is 0 Å². The van der Waals surface area contributed by atoms with Crippen molar-refractivity contribution in [1.82, 2.24) is 9.80 Å². The van der Waals surface area contributed by atoms with Gasteiger partial charge in [-0.1, -0.05) is 132 Å². The minimum absolute atomic E-state index is 0. The first-order chi connectivity index (χ1) is 35.1. The van der Waals surface area contributed by atoms with E-state index < -0.39 is 52.0 Å². The molecule has 13 heteroatoms. The molecular weight excluding hydrogens is 980 g/mol. The number of fused-ring (bicyclic) bond motifs is 4. The Labute approximate surface area is 459 Å². The summed E-state index contributed by atoms with van der Waals surface area (Å²) >= 11 is 0. The van der Waals surface area contributed by atoms with Crippen LogP contribution in [0.5, 0.6) is 0 Å². The normalized spacial score (nSPS) is 28.3. The van der Waals surface area contributed by atoms with Crippen LogP contribution in [0.15, 0.2) is 109 Å². The summed E-state index contributed by atoms with van der Waals surface area (Å²) < 4.78 is 18.5. The van der Waals surface area contributed by atoms with Crippen LogP contribution in [0.3, 0.4) is 0 Å². The molecule has 3 saturated heterocycles. The summed E-state index contributed by atoms with van der Waals surface area (Å²) in [6.07, 6.45) is 1.47. The van der Waals surface area contributed by atoms with Gasteiger partial charge in [-0.2, -0.15) is 0 Å². The number of carbonyl (C=O) groups excluding carboxylic acids is 2. The van der Waals surface area contributed by atoms with Crippen molar-refractivity contribution in [3.05, 3.63) is 131 Å². The van der Waals surface area contributed by atoms with Gasteiger partial charge in [0.25, 0.3) is 0 Å². The van der Waals surface area contributed by atoms with Crippen molar-refractivity contribution >= 4 is 23.3 Å². The van der Waals surface area contributed by atoms with Crippen molar-refractivity contribution in [1.29, 1.82) is 0 Å². The summed E-state index contributed by atoms with van der Waals surface area (Å²) in [5.41, 5.74) is 8.91. The number of anilines is 2. The molecule has 8 atom stereocenters. The van der Waals surface area contributed by atoms with Crippen LogP contribution in [-0.2, 0) is 63.2 Å². The molecule has 407 valence electrons. The average Bonchev–Trinajstić information content (AvgIpc) is 3.76. The number of nitrogens with two attached hydrogens (primary N) is 1. The predicted molar refractivity (Wildman–Crippen MR) is 292 cm³/mol. The Morgan fingerprint density at radius 2 is 1.20 bits per heavy atom. The summed E-state index contributed by atoms with van der Waals surface area (Å²) in [5, 5.41) is 38.8. The number of piperidine rings is 2. The molecule has 7 unspecified atom stereocenters.